The average Bonchev–Trinajstić information content (AvgIpc) is 2.94. The van der Waals surface area contributed by atoms with Crippen LogP contribution < -0.4 is 0 Å². The zero-order valence-electron chi connectivity index (χ0n) is 14.1. The summed E-state index contributed by atoms with van der Waals surface area (Å²) < 4.78 is 0. The summed E-state index contributed by atoms with van der Waals surface area (Å²) in [6.45, 7) is 2.01. The van der Waals surface area contributed by atoms with Gasteiger partial charge in [-0.05, 0) is 53.5 Å². The van der Waals surface area contributed by atoms with E-state index in [1.165, 1.54) is 12.1 Å². The second-order valence-corrected chi connectivity index (χ2v) is 6.65. The first-order valence-corrected chi connectivity index (χ1v) is 8.30. The van der Waals surface area contributed by atoms with E-state index >= 15 is 0 Å². The number of aryl methyl sites for hydroxylation is 1. The molecule has 130 valence electrons. The number of rotatable bonds is 2. The molecule has 0 unspecified atom stereocenters. The third-order valence-corrected chi connectivity index (χ3v) is 4.73. The van der Waals surface area contributed by atoms with E-state index < -0.39 is 0 Å². The van der Waals surface area contributed by atoms with Crippen LogP contribution in [0.1, 0.15) is 33.7 Å². The second-order valence-electron chi connectivity index (χ2n) is 6.65. The van der Waals surface area contributed by atoms with E-state index in [4.69, 9.17) is 0 Å². The molecule has 0 amide bonds. The molecule has 4 nitrogen and oxygen atoms in total. The summed E-state index contributed by atoms with van der Waals surface area (Å²) in [7, 11) is 0. The molecule has 3 aromatic carbocycles. The molecule has 26 heavy (non-hydrogen) atoms. The van der Waals surface area contributed by atoms with Crippen molar-refractivity contribution < 1.29 is 20.4 Å². The first-order chi connectivity index (χ1) is 12.4. The van der Waals surface area contributed by atoms with Crippen LogP contribution in [0.15, 0.2) is 54.6 Å². The maximum atomic E-state index is 10.5. The van der Waals surface area contributed by atoms with Gasteiger partial charge in [-0.15, -0.1) is 0 Å². The van der Waals surface area contributed by atoms with Gasteiger partial charge in [0.05, 0.1) is 0 Å². The van der Waals surface area contributed by atoms with Crippen LogP contribution in [0.3, 0.4) is 0 Å². The minimum Gasteiger partial charge on any atom is -0.508 e. The maximum absolute atomic E-state index is 10.5. The molecule has 0 saturated heterocycles. The number of allylic oxidation sites excluding steroid dienone is 1. The number of fused-ring (bicyclic) bond motifs is 1. The topological polar surface area (TPSA) is 80.9 Å². The minimum atomic E-state index is -0.369. The molecule has 3 aromatic rings. The smallest absolute Gasteiger partial charge is 0.124 e. The average molecular weight is 346 g/mol. The fraction of sp³-hybridized carbons (Fsp3) is 0.0909. The van der Waals surface area contributed by atoms with Crippen LogP contribution in [0.25, 0.3) is 11.6 Å². The van der Waals surface area contributed by atoms with Crippen molar-refractivity contribution in [2.75, 3.05) is 0 Å². The molecule has 0 bridgehead atoms. The molecule has 0 radical (unpaired) electrons. The maximum Gasteiger partial charge on any atom is 0.124 e. The van der Waals surface area contributed by atoms with Crippen molar-refractivity contribution in [2.24, 2.45) is 0 Å². The van der Waals surface area contributed by atoms with Crippen LogP contribution in [0.2, 0.25) is 0 Å². The molecule has 4 heteroatoms. The normalized spacial score (nSPS) is 15.6. The van der Waals surface area contributed by atoms with Gasteiger partial charge < -0.3 is 20.4 Å². The largest absolute Gasteiger partial charge is 0.508 e. The Kier molecular flexibility index (Phi) is 3.62. The highest BCUT2D eigenvalue weighted by Gasteiger charge is 2.31. The van der Waals surface area contributed by atoms with E-state index in [0.29, 0.717) is 16.7 Å². The Labute approximate surface area is 150 Å². The van der Waals surface area contributed by atoms with Crippen molar-refractivity contribution in [3.05, 3.63) is 82.4 Å². The van der Waals surface area contributed by atoms with Gasteiger partial charge in [0.25, 0.3) is 0 Å². The Morgan fingerprint density at radius 3 is 2.00 bits per heavy atom. The van der Waals surface area contributed by atoms with Crippen molar-refractivity contribution >= 4 is 11.6 Å². The Bertz CT molecular complexity index is 1010. The lowest BCUT2D eigenvalue weighted by Crippen LogP contribution is -2.02. The van der Waals surface area contributed by atoms with Crippen molar-refractivity contribution in [3.63, 3.8) is 0 Å². The van der Waals surface area contributed by atoms with Crippen LogP contribution in [0.4, 0.5) is 0 Å². The van der Waals surface area contributed by atoms with Gasteiger partial charge in [0.2, 0.25) is 0 Å². The van der Waals surface area contributed by atoms with Gasteiger partial charge in [-0.2, -0.15) is 0 Å². The van der Waals surface area contributed by atoms with E-state index in [1.807, 2.05) is 37.3 Å². The van der Waals surface area contributed by atoms with E-state index in [-0.39, 0.29) is 28.9 Å². The van der Waals surface area contributed by atoms with E-state index in [0.717, 1.165) is 16.7 Å². The zero-order chi connectivity index (χ0) is 18.4. The molecular formula is C22H18O4. The number of aromatic hydroxyl groups is 4. The minimum absolute atomic E-state index is 0.0137. The monoisotopic (exact) mass is 346 g/mol. The van der Waals surface area contributed by atoms with Crippen molar-refractivity contribution in [1.82, 2.24) is 0 Å². The lowest BCUT2D eigenvalue weighted by Gasteiger charge is -2.19. The highest BCUT2D eigenvalue weighted by Crippen LogP contribution is 2.51. The number of benzene rings is 3. The summed E-state index contributed by atoms with van der Waals surface area (Å²) >= 11 is 0. The van der Waals surface area contributed by atoms with Crippen molar-refractivity contribution in [1.29, 1.82) is 0 Å². The molecule has 0 spiro atoms. The molecular weight excluding hydrogens is 328 g/mol. The molecule has 0 saturated carbocycles. The molecule has 4 rings (SSSR count). The summed E-state index contributed by atoms with van der Waals surface area (Å²) in [6, 6.07) is 15.3. The Hall–Kier alpha value is -3.40. The predicted octanol–water partition coefficient (Wildman–Crippen LogP) is 4.50. The molecule has 4 N–H and O–H groups in total. The van der Waals surface area contributed by atoms with Gasteiger partial charge in [0.15, 0.2) is 0 Å². The molecule has 1 atom stereocenters. The molecule has 1 aliphatic rings. The number of hydrogen-bond donors (Lipinski definition) is 4. The van der Waals surface area contributed by atoms with Gasteiger partial charge in [-0.3, -0.25) is 0 Å². The second kappa shape index (κ2) is 5.85. The Morgan fingerprint density at radius 2 is 1.35 bits per heavy atom. The number of hydrogen-bond acceptors (Lipinski definition) is 4. The molecule has 0 aliphatic heterocycles. The quantitative estimate of drug-likeness (QED) is 0.551. The van der Waals surface area contributed by atoms with E-state index in [1.54, 1.807) is 18.2 Å². The lowest BCUT2D eigenvalue weighted by molar-refractivity contribution is 0.443. The molecule has 1 aliphatic carbocycles. The van der Waals surface area contributed by atoms with Crippen LogP contribution >= 0.6 is 0 Å². The summed E-state index contributed by atoms with van der Waals surface area (Å²) in [6.07, 6.45) is 1.92. The summed E-state index contributed by atoms with van der Waals surface area (Å²) in [5.74, 6) is -0.498. The SMILES string of the molecule is Cc1ccc(C2=Cc3cc(O)cc(O)c3[C@H]2c2cc(O)cc(O)c2)cc1. The van der Waals surface area contributed by atoms with Gasteiger partial charge >= 0.3 is 0 Å². The Balaban J connectivity index is 1.95. The standard InChI is InChI=1S/C22H18O4/c1-12-2-4-13(5-3-12)19-9-15-8-18(25)11-20(26)22(15)21(19)14-6-16(23)10-17(24)7-14/h2-11,21,23-26H,1H3/t21-/m0/s1. The highest BCUT2D eigenvalue weighted by atomic mass is 16.3. The first kappa shape index (κ1) is 16.1. The van der Waals surface area contributed by atoms with Crippen LogP contribution in [0.5, 0.6) is 23.0 Å². The Morgan fingerprint density at radius 1 is 0.731 bits per heavy atom. The van der Waals surface area contributed by atoms with Crippen LogP contribution in [-0.4, -0.2) is 20.4 Å². The molecule has 0 fully saturated rings. The van der Waals surface area contributed by atoms with E-state index in [2.05, 4.69) is 0 Å². The number of phenols is 4. The third-order valence-electron chi connectivity index (χ3n) is 4.73. The summed E-state index contributed by atoms with van der Waals surface area (Å²) in [4.78, 5) is 0. The zero-order valence-corrected chi connectivity index (χ0v) is 14.1. The fourth-order valence-electron chi connectivity index (χ4n) is 3.61. The molecule has 0 heterocycles. The van der Waals surface area contributed by atoms with Crippen LogP contribution in [-0.2, 0) is 0 Å². The van der Waals surface area contributed by atoms with Gasteiger partial charge in [0, 0.05) is 23.6 Å². The highest BCUT2D eigenvalue weighted by molar-refractivity contribution is 5.95. The van der Waals surface area contributed by atoms with E-state index in [9.17, 15) is 20.4 Å². The van der Waals surface area contributed by atoms with Gasteiger partial charge in [-0.1, -0.05) is 29.8 Å². The van der Waals surface area contributed by atoms with Crippen LogP contribution in [0, 0.1) is 6.92 Å². The third kappa shape index (κ3) is 2.65. The first-order valence-electron chi connectivity index (χ1n) is 8.30. The summed E-state index contributed by atoms with van der Waals surface area (Å²) in [5.41, 5.74) is 5.05. The van der Waals surface area contributed by atoms with Gasteiger partial charge in [0.1, 0.15) is 23.0 Å². The lowest BCUT2D eigenvalue weighted by atomic mass is 9.84. The summed E-state index contributed by atoms with van der Waals surface area (Å²) in [5, 5.41) is 40.2. The van der Waals surface area contributed by atoms with Crippen molar-refractivity contribution in [2.45, 2.75) is 12.8 Å². The fourth-order valence-corrected chi connectivity index (χ4v) is 3.61. The number of phenolic OH excluding ortho intramolecular Hbond substituents is 4. The van der Waals surface area contributed by atoms with Crippen molar-refractivity contribution in [3.8, 4) is 23.0 Å². The predicted molar refractivity (Wildman–Crippen MR) is 100 cm³/mol. The van der Waals surface area contributed by atoms with Gasteiger partial charge in [-0.25, -0.2) is 0 Å². The molecule has 0 aromatic heterocycles.